The van der Waals surface area contributed by atoms with Crippen molar-refractivity contribution in [3.8, 4) is 0 Å². The van der Waals surface area contributed by atoms with Crippen molar-refractivity contribution in [3.63, 3.8) is 0 Å². The number of hydrogen-bond donors (Lipinski definition) is 0. The van der Waals surface area contributed by atoms with Gasteiger partial charge in [0.2, 0.25) is 12.2 Å². The quantitative estimate of drug-likeness (QED) is 0.492. The Bertz CT molecular complexity index is 300. The highest BCUT2D eigenvalue weighted by Crippen LogP contribution is 2.31. The Morgan fingerprint density at radius 1 is 1.12 bits per heavy atom. The molecule has 0 bridgehead atoms. The molecule has 0 amide bonds. The topological polar surface area (TPSA) is 58.9 Å². The monoisotopic (exact) mass is 224 g/mol. The van der Waals surface area contributed by atoms with Crippen LogP contribution in [-0.4, -0.2) is 24.7 Å². The SMILES string of the molecule is CC(CN=C=O)CC(C)(C)CC(C)N=C=O. The summed E-state index contributed by atoms with van der Waals surface area (Å²) in [5.41, 5.74) is 0.0809. The maximum atomic E-state index is 10.1. The lowest BCUT2D eigenvalue weighted by molar-refractivity contribution is 0.246. The molecule has 0 aromatic carbocycles. The van der Waals surface area contributed by atoms with Crippen LogP contribution in [0.1, 0.15) is 40.5 Å². The lowest BCUT2D eigenvalue weighted by Gasteiger charge is -2.28. The van der Waals surface area contributed by atoms with Crippen LogP contribution in [0.5, 0.6) is 0 Å². The van der Waals surface area contributed by atoms with Crippen LogP contribution in [0.4, 0.5) is 0 Å². The molecule has 90 valence electrons. The molecule has 0 fully saturated rings. The molecule has 0 aromatic rings. The molecule has 0 aliphatic heterocycles. The first-order chi connectivity index (χ1) is 7.41. The molecule has 0 rings (SSSR count). The predicted octanol–water partition coefficient (Wildman–Crippen LogP) is 2.49. The average molecular weight is 224 g/mol. The Hall–Kier alpha value is -1.24. The first-order valence-corrected chi connectivity index (χ1v) is 5.52. The Balaban J connectivity index is 4.21. The first kappa shape index (κ1) is 14.8. The summed E-state index contributed by atoms with van der Waals surface area (Å²) in [4.78, 5) is 27.4. The summed E-state index contributed by atoms with van der Waals surface area (Å²) in [6.07, 6.45) is 4.91. The number of rotatable bonds is 7. The number of hydrogen-bond acceptors (Lipinski definition) is 4. The average Bonchev–Trinajstić information content (AvgIpc) is 2.13. The molecule has 0 heterocycles. The lowest BCUT2D eigenvalue weighted by atomic mass is 9.79. The highest BCUT2D eigenvalue weighted by atomic mass is 16.1. The Labute approximate surface area is 96.9 Å². The van der Waals surface area contributed by atoms with E-state index in [4.69, 9.17) is 0 Å². The Morgan fingerprint density at radius 3 is 2.25 bits per heavy atom. The van der Waals surface area contributed by atoms with Crippen LogP contribution in [0.2, 0.25) is 0 Å². The molecule has 4 heteroatoms. The molecule has 16 heavy (non-hydrogen) atoms. The van der Waals surface area contributed by atoms with Gasteiger partial charge in [-0.3, -0.25) is 0 Å². The fraction of sp³-hybridized carbons (Fsp3) is 0.833. The maximum Gasteiger partial charge on any atom is 0.235 e. The molecule has 0 spiro atoms. The summed E-state index contributed by atoms with van der Waals surface area (Å²) in [5, 5.41) is 0. The third-order valence-electron chi connectivity index (χ3n) is 2.49. The zero-order valence-corrected chi connectivity index (χ0v) is 10.5. The summed E-state index contributed by atoms with van der Waals surface area (Å²) in [6.45, 7) is 8.73. The van der Waals surface area contributed by atoms with Gasteiger partial charge in [-0.15, -0.1) is 0 Å². The summed E-state index contributed by atoms with van der Waals surface area (Å²) >= 11 is 0. The van der Waals surface area contributed by atoms with E-state index in [0.29, 0.717) is 12.5 Å². The predicted molar refractivity (Wildman–Crippen MR) is 62.8 cm³/mol. The van der Waals surface area contributed by atoms with E-state index < -0.39 is 0 Å². The van der Waals surface area contributed by atoms with Crippen molar-refractivity contribution in [1.29, 1.82) is 0 Å². The summed E-state index contributed by atoms with van der Waals surface area (Å²) in [6, 6.07) is -0.00530. The summed E-state index contributed by atoms with van der Waals surface area (Å²) < 4.78 is 0. The van der Waals surface area contributed by atoms with Crippen molar-refractivity contribution in [1.82, 2.24) is 0 Å². The molecule has 0 aliphatic rings. The minimum Gasteiger partial charge on any atom is -0.211 e. The normalized spacial score (nSPS) is 14.5. The standard InChI is InChI=1S/C12H20N2O2/c1-10(7-13-8-15)5-12(3,4)6-11(2)14-9-16/h10-11H,5-7H2,1-4H3. The molecular formula is C12H20N2O2. The van der Waals surface area contributed by atoms with Gasteiger partial charge >= 0.3 is 0 Å². The second-order valence-corrected chi connectivity index (χ2v) is 5.18. The molecule has 0 N–H and O–H groups in total. The molecule has 0 aromatic heterocycles. The fourth-order valence-corrected chi connectivity index (χ4v) is 2.22. The first-order valence-electron chi connectivity index (χ1n) is 5.52. The minimum absolute atomic E-state index is 0.00530. The van der Waals surface area contributed by atoms with Crippen LogP contribution in [0, 0.1) is 11.3 Å². The van der Waals surface area contributed by atoms with E-state index in [-0.39, 0.29) is 11.5 Å². The number of nitrogens with zero attached hydrogens (tertiary/aromatic N) is 2. The number of carbonyl (C=O) groups excluding carboxylic acids is 2. The van der Waals surface area contributed by atoms with Crippen LogP contribution in [-0.2, 0) is 9.59 Å². The zero-order valence-electron chi connectivity index (χ0n) is 10.5. The number of aliphatic imine (C=N–C) groups is 2. The highest BCUT2D eigenvalue weighted by molar-refractivity contribution is 5.33. The van der Waals surface area contributed by atoms with E-state index in [9.17, 15) is 9.59 Å². The van der Waals surface area contributed by atoms with Crippen molar-refractivity contribution in [3.05, 3.63) is 0 Å². The van der Waals surface area contributed by atoms with Gasteiger partial charge in [-0.2, -0.15) is 0 Å². The fourth-order valence-electron chi connectivity index (χ4n) is 2.22. The van der Waals surface area contributed by atoms with Gasteiger partial charge in [-0.1, -0.05) is 20.8 Å². The summed E-state index contributed by atoms with van der Waals surface area (Å²) in [5.74, 6) is 0.337. The zero-order chi connectivity index (χ0) is 12.6. The van der Waals surface area contributed by atoms with Crippen molar-refractivity contribution in [2.75, 3.05) is 6.54 Å². The van der Waals surface area contributed by atoms with Gasteiger partial charge in [-0.05, 0) is 31.1 Å². The van der Waals surface area contributed by atoms with Crippen LogP contribution in [0.3, 0.4) is 0 Å². The smallest absolute Gasteiger partial charge is 0.211 e. The van der Waals surface area contributed by atoms with Gasteiger partial charge in [0.1, 0.15) is 0 Å². The van der Waals surface area contributed by atoms with E-state index in [1.807, 2.05) is 6.92 Å². The summed E-state index contributed by atoms with van der Waals surface area (Å²) in [7, 11) is 0. The number of isocyanates is 2. The van der Waals surface area contributed by atoms with Crippen molar-refractivity contribution in [2.45, 2.75) is 46.6 Å². The molecular weight excluding hydrogens is 204 g/mol. The van der Waals surface area contributed by atoms with Gasteiger partial charge in [0.15, 0.2) is 0 Å². The highest BCUT2D eigenvalue weighted by Gasteiger charge is 2.23. The van der Waals surface area contributed by atoms with E-state index in [1.54, 1.807) is 12.2 Å². The Kier molecular flexibility index (Phi) is 6.55. The van der Waals surface area contributed by atoms with Gasteiger partial charge in [-0.25, -0.2) is 19.6 Å². The van der Waals surface area contributed by atoms with Crippen LogP contribution < -0.4 is 0 Å². The van der Waals surface area contributed by atoms with Crippen LogP contribution >= 0.6 is 0 Å². The van der Waals surface area contributed by atoms with Crippen LogP contribution in [0.15, 0.2) is 9.98 Å². The molecule has 2 atom stereocenters. The van der Waals surface area contributed by atoms with E-state index in [0.717, 1.165) is 12.8 Å². The molecule has 2 unspecified atom stereocenters. The second kappa shape index (κ2) is 7.10. The van der Waals surface area contributed by atoms with Crippen LogP contribution in [0.25, 0.3) is 0 Å². The van der Waals surface area contributed by atoms with E-state index >= 15 is 0 Å². The minimum atomic E-state index is -0.00530. The lowest BCUT2D eigenvalue weighted by Crippen LogP contribution is -2.21. The van der Waals surface area contributed by atoms with Gasteiger partial charge in [0.25, 0.3) is 0 Å². The third kappa shape index (κ3) is 7.10. The van der Waals surface area contributed by atoms with E-state index in [2.05, 4.69) is 30.8 Å². The Morgan fingerprint density at radius 2 is 1.75 bits per heavy atom. The van der Waals surface area contributed by atoms with Crippen molar-refractivity contribution >= 4 is 12.2 Å². The molecule has 0 saturated carbocycles. The van der Waals surface area contributed by atoms with Crippen molar-refractivity contribution < 1.29 is 9.59 Å². The third-order valence-corrected chi connectivity index (χ3v) is 2.49. The van der Waals surface area contributed by atoms with Gasteiger partial charge < -0.3 is 0 Å². The maximum absolute atomic E-state index is 10.1. The van der Waals surface area contributed by atoms with Crippen molar-refractivity contribution in [2.24, 2.45) is 21.3 Å². The largest absolute Gasteiger partial charge is 0.235 e. The van der Waals surface area contributed by atoms with Gasteiger partial charge in [0, 0.05) is 0 Å². The molecule has 0 saturated heterocycles. The second-order valence-electron chi connectivity index (χ2n) is 5.18. The van der Waals surface area contributed by atoms with Gasteiger partial charge in [0.05, 0.1) is 12.6 Å². The molecule has 0 aliphatic carbocycles. The molecule has 0 radical (unpaired) electrons. The molecule has 4 nitrogen and oxygen atoms in total. The van der Waals surface area contributed by atoms with E-state index in [1.165, 1.54) is 0 Å².